The Morgan fingerprint density at radius 1 is 0.920 bits per heavy atom. The van der Waals surface area contributed by atoms with Gasteiger partial charge in [0.25, 0.3) is 5.91 Å². The molecule has 0 saturated heterocycles. The highest BCUT2D eigenvalue weighted by Crippen LogP contribution is 2.14. The summed E-state index contributed by atoms with van der Waals surface area (Å²) >= 11 is 0. The first-order chi connectivity index (χ1) is 12.1. The fourth-order valence-corrected chi connectivity index (χ4v) is 2.21. The van der Waals surface area contributed by atoms with Crippen LogP contribution in [0.3, 0.4) is 0 Å². The van der Waals surface area contributed by atoms with Crippen molar-refractivity contribution < 1.29 is 14.3 Å². The average molecular weight is 340 g/mol. The lowest BCUT2D eigenvalue weighted by atomic mass is 10.1. The smallest absolute Gasteiger partial charge is 0.251 e. The van der Waals surface area contributed by atoms with Crippen LogP contribution in [0.15, 0.2) is 54.6 Å². The summed E-state index contributed by atoms with van der Waals surface area (Å²) < 4.78 is 5.73. The molecule has 5 nitrogen and oxygen atoms in total. The molecular weight excluding hydrogens is 316 g/mol. The molecule has 0 fully saturated rings. The van der Waals surface area contributed by atoms with Gasteiger partial charge < -0.3 is 15.4 Å². The van der Waals surface area contributed by atoms with Gasteiger partial charge in [-0.15, -0.1) is 0 Å². The topological polar surface area (TPSA) is 67.4 Å². The van der Waals surface area contributed by atoms with Crippen molar-refractivity contribution in [3.05, 3.63) is 65.7 Å². The molecule has 0 saturated carbocycles. The molecule has 0 atom stereocenters. The van der Waals surface area contributed by atoms with Gasteiger partial charge in [0.15, 0.2) is 0 Å². The van der Waals surface area contributed by atoms with E-state index in [1.807, 2.05) is 62.4 Å². The molecule has 5 heteroatoms. The zero-order valence-corrected chi connectivity index (χ0v) is 14.6. The van der Waals surface area contributed by atoms with Crippen LogP contribution >= 0.6 is 0 Å². The minimum Gasteiger partial charge on any atom is -0.489 e. The molecule has 25 heavy (non-hydrogen) atoms. The first kappa shape index (κ1) is 18.5. The van der Waals surface area contributed by atoms with Gasteiger partial charge in [-0.25, -0.2) is 0 Å². The number of nitrogens with one attached hydrogen (secondary N) is 2. The molecule has 0 unspecified atom stereocenters. The summed E-state index contributed by atoms with van der Waals surface area (Å²) in [6.07, 6.45) is 0. The van der Waals surface area contributed by atoms with Crippen molar-refractivity contribution in [1.82, 2.24) is 10.6 Å². The molecular formula is C20H24N2O3. The summed E-state index contributed by atoms with van der Waals surface area (Å²) in [5, 5.41) is 5.59. The van der Waals surface area contributed by atoms with Crippen molar-refractivity contribution in [3.8, 4) is 5.75 Å². The lowest BCUT2D eigenvalue weighted by Gasteiger charge is -2.12. The lowest BCUT2D eigenvalue weighted by Crippen LogP contribution is -2.36. The van der Waals surface area contributed by atoms with Gasteiger partial charge in [-0.05, 0) is 18.2 Å². The monoisotopic (exact) mass is 340 g/mol. The van der Waals surface area contributed by atoms with E-state index in [9.17, 15) is 9.59 Å². The highest BCUT2D eigenvalue weighted by atomic mass is 16.5. The number of rotatable bonds is 8. The van der Waals surface area contributed by atoms with Crippen LogP contribution in [0.2, 0.25) is 0 Å². The summed E-state index contributed by atoms with van der Waals surface area (Å²) in [4.78, 5) is 23.9. The molecule has 0 heterocycles. The number of amides is 2. The summed E-state index contributed by atoms with van der Waals surface area (Å²) in [6, 6.07) is 16.8. The molecule has 0 radical (unpaired) electrons. The molecule has 132 valence electrons. The average Bonchev–Trinajstić information content (AvgIpc) is 2.64. The summed E-state index contributed by atoms with van der Waals surface area (Å²) in [5.74, 6) is 0.498. The van der Waals surface area contributed by atoms with E-state index in [1.54, 1.807) is 6.07 Å². The van der Waals surface area contributed by atoms with Crippen LogP contribution in [0.4, 0.5) is 0 Å². The van der Waals surface area contributed by atoms with E-state index < -0.39 is 0 Å². The minimum absolute atomic E-state index is 0.0223. The number of carbonyl (C=O) groups is 2. The molecule has 0 spiro atoms. The molecule has 0 aliphatic rings. The largest absolute Gasteiger partial charge is 0.489 e. The molecule has 0 bridgehead atoms. The Hall–Kier alpha value is -2.82. The van der Waals surface area contributed by atoms with E-state index in [-0.39, 0.29) is 17.7 Å². The molecule has 0 aliphatic carbocycles. The van der Waals surface area contributed by atoms with Crippen molar-refractivity contribution in [3.63, 3.8) is 0 Å². The number of para-hydroxylation sites is 1. The number of ether oxygens (including phenoxy) is 1. The molecule has 0 aromatic heterocycles. The lowest BCUT2D eigenvalue weighted by molar-refractivity contribution is -0.123. The van der Waals surface area contributed by atoms with E-state index in [1.165, 1.54) is 0 Å². The maximum absolute atomic E-state index is 12.4. The Labute approximate surface area is 148 Å². The second kappa shape index (κ2) is 9.47. The Bertz CT molecular complexity index is 699. The maximum atomic E-state index is 12.4. The third kappa shape index (κ3) is 5.95. The van der Waals surface area contributed by atoms with Gasteiger partial charge in [0.2, 0.25) is 5.91 Å². The number of hydrogen-bond acceptors (Lipinski definition) is 3. The van der Waals surface area contributed by atoms with Crippen molar-refractivity contribution in [2.24, 2.45) is 5.92 Å². The van der Waals surface area contributed by atoms with Crippen LogP contribution in [-0.4, -0.2) is 24.9 Å². The zero-order chi connectivity index (χ0) is 18.1. The first-order valence-electron chi connectivity index (χ1n) is 8.39. The summed E-state index contributed by atoms with van der Waals surface area (Å²) in [6.45, 7) is 4.77. The van der Waals surface area contributed by atoms with Crippen LogP contribution in [0.25, 0.3) is 0 Å². The Morgan fingerprint density at radius 2 is 1.56 bits per heavy atom. The molecule has 2 N–H and O–H groups in total. The quantitative estimate of drug-likeness (QED) is 0.726. The van der Waals surface area contributed by atoms with Crippen LogP contribution in [-0.2, 0) is 11.4 Å². The Balaban J connectivity index is 1.88. The predicted molar refractivity (Wildman–Crippen MR) is 97.4 cm³/mol. The van der Waals surface area contributed by atoms with E-state index in [0.29, 0.717) is 25.3 Å². The van der Waals surface area contributed by atoms with Gasteiger partial charge in [-0.1, -0.05) is 50.2 Å². The molecule has 0 aliphatic heterocycles. The summed E-state index contributed by atoms with van der Waals surface area (Å²) in [7, 11) is 0. The normalized spacial score (nSPS) is 10.4. The molecule has 2 aromatic rings. The minimum atomic E-state index is -0.175. The fourth-order valence-electron chi connectivity index (χ4n) is 2.21. The van der Waals surface area contributed by atoms with Gasteiger partial charge in [0.05, 0.1) is 0 Å². The highest BCUT2D eigenvalue weighted by molar-refractivity contribution is 5.95. The van der Waals surface area contributed by atoms with E-state index >= 15 is 0 Å². The van der Waals surface area contributed by atoms with E-state index in [0.717, 1.165) is 11.3 Å². The third-order valence-corrected chi connectivity index (χ3v) is 3.63. The van der Waals surface area contributed by atoms with Crippen molar-refractivity contribution in [2.45, 2.75) is 20.5 Å². The SMILES string of the molecule is CC(C)C(=O)NCCNC(=O)c1ccccc1COc1ccccc1. The molecule has 2 rings (SSSR count). The van der Waals surface area contributed by atoms with E-state index in [4.69, 9.17) is 4.74 Å². The van der Waals surface area contributed by atoms with Crippen LogP contribution < -0.4 is 15.4 Å². The standard InChI is InChI=1S/C20H24N2O3/c1-15(2)19(23)21-12-13-22-20(24)18-11-7-6-8-16(18)14-25-17-9-4-3-5-10-17/h3-11,15H,12-14H2,1-2H3,(H,21,23)(H,22,24). The second-order valence-corrected chi connectivity index (χ2v) is 5.96. The number of benzene rings is 2. The van der Waals surface area contributed by atoms with Gasteiger partial charge in [-0.2, -0.15) is 0 Å². The first-order valence-corrected chi connectivity index (χ1v) is 8.39. The van der Waals surface area contributed by atoms with Crippen LogP contribution in [0.1, 0.15) is 29.8 Å². The van der Waals surface area contributed by atoms with Crippen molar-refractivity contribution in [1.29, 1.82) is 0 Å². The highest BCUT2D eigenvalue weighted by Gasteiger charge is 2.11. The van der Waals surface area contributed by atoms with Gasteiger partial charge in [0.1, 0.15) is 12.4 Å². The van der Waals surface area contributed by atoms with Crippen molar-refractivity contribution in [2.75, 3.05) is 13.1 Å². The Kier molecular flexibility index (Phi) is 7.01. The fraction of sp³-hybridized carbons (Fsp3) is 0.300. The van der Waals surface area contributed by atoms with Crippen LogP contribution in [0, 0.1) is 5.92 Å². The van der Waals surface area contributed by atoms with Gasteiger partial charge >= 0.3 is 0 Å². The predicted octanol–water partition coefficient (Wildman–Crippen LogP) is 2.77. The Morgan fingerprint density at radius 3 is 2.28 bits per heavy atom. The van der Waals surface area contributed by atoms with Gasteiger partial charge in [0, 0.05) is 30.1 Å². The maximum Gasteiger partial charge on any atom is 0.251 e. The third-order valence-electron chi connectivity index (χ3n) is 3.63. The number of hydrogen-bond donors (Lipinski definition) is 2. The molecule has 2 aromatic carbocycles. The summed E-state index contributed by atoms with van der Waals surface area (Å²) in [5.41, 5.74) is 1.39. The molecule has 2 amide bonds. The van der Waals surface area contributed by atoms with E-state index in [2.05, 4.69) is 10.6 Å². The zero-order valence-electron chi connectivity index (χ0n) is 14.6. The van der Waals surface area contributed by atoms with Crippen molar-refractivity contribution >= 4 is 11.8 Å². The number of carbonyl (C=O) groups excluding carboxylic acids is 2. The van der Waals surface area contributed by atoms with Crippen LogP contribution in [0.5, 0.6) is 5.75 Å². The second-order valence-electron chi connectivity index (χ2n) is 5.96. The van der Waals surface area contributed by atoms with Gasteiger partial charge in [-0.3, -0.25) is 9.59 Å².